The van der Waals surface area contributed by atoms with E-state index in [9.17, 15) is 18.8 Å². The van der Waals surface area contributed by atoms with Crippen LogP contribution in [0.2, 0.25) is 0 Å². The van der Waals surface area contributed by atoms with Crippen LogP contribution >= 0.6 is 0 Å². The van der Waals surface area contributed by atoms with Crippen LogP contribution in [0.25, 0.3) is 0 Å². The number of benzene rings is 1. The second-order valence-electron chi connectivity index (χ2n) is 7.93. The van der Waals surface area contributed by atoms with E-state index in [4.69, 9.17) is 4.74 Å². The molecule has 10 heteroatoms. The first kappa shape index (κ1) is 21.0. The molecule has 0 spiro atoms. The Balaban J connectivity index is 1.64. The maximum Gasteiger partial charge on any atom is 0.276 e. The van der Waals surface area contributed by atoms with Gasteiger partial charge in [0, 0.05) is 19.7 Å². The molecule has 0 radical (unpaired) electrons. The Kier molecular flexibility index (Phi) is 5.48. The van der Waals surface area contributed by atoms with Crippen LogP contribution in [-0.2, 0) is 16.1 Å². The summed E-state index contributed by atoms with van der Waals surface area (Å²) in [5.74, 6) is -2.00. The van der Waals surface area contributed by atoms with Gasteiger partial charge in [-0.05, 0) is 31.9 Å². The van der Waals surface area contributed by atoms with E-state index in [0.29, 0.717) is 13.2 Å². The fourth-order valence-corrected chi connectivity index (χ4v) is 3.92. The first-order valence-corrected chi connectivity index (χ1v) is 10.1. The topological polar surface area (TPSA) is 106 Å². The predicted octanol–water partition coefficient (Wildman–Crippen LogP) is 1.41. The number of carbonyl (C=O) groups excluding carboxylic acids is 3. The van der Waals surface area contributed by atoms with Gasteiger partial charge in [0.2, 0.25) is 5.91 Å². The van der Waals surface area contributed by atoms with E-state index in [1.807, 2.05) is 0 Å². The van der Waals surface area contributed by atoms with Gasteiger partial charge in [-0.3, -0.25) is 14.4 Å². The number of hydrogen-bond donors (Lipinski definition) is 2. The summed E-state index contributed by atoms with van der Waals surface area (Å²) in [6.07, 6.45) is 2.95. The molecule has 1 atom stereocenters. The Bertz CT molecular complexity index is 1030. The average Bonchev–Trinajstić information content (AvgIpc) is 3.47. The number of para-hydroxylation sites is 1. The Morgan fingerprint density at radius 2 is 2.06 bits per heavy atom. The minimum atomic E-state index is -1.13. The molecular weight excluding hydrogens is 405 g/mol. The fourth-order valence-electron chi connectivity index (χ4n) is 3.92. The van der Waals surface area contributed by atoms with Crippen molar-refractivity contribution in [1.29, 1.82) is 0 Å². The molecule has 31 heavy (non-hydrogen) atoms. The Morgan fingerprint density at radius 3 is 2.74 bits per heavy atom. The number of fused-ring (bicyclic) bond motifs is 1. The molecule has 3 amide bonds. The van der Waals surface area contributed by atoms with Gasteiger partial charge in [-0.1, -0.05) is 12.1 Å². The molecule has 1 aliphatic heterocycles. The molecule has 1 aromatic heterocycles. The van der Waals surface area contributed by atoms with E-state index in [0.717, 1.165) is 12.8 Å². The number of rotatable bonds is 7. The molecule has 2 N–H and O–H groups in total. The smallest absolute Gasteiger partial charge is 0.276 e. The van der Waals surface area contributed by atoms with Crippen molar-refractivity contribution in [3.8, 4) is 0 Å². The number of halogens is 1. The maximum atomic E-state index is 13.9. The van der Waals surface area contributed by atoms with Crippen molar-refractivity contribution in [2.75, 3.05) is 25.6 Å². The SMILES string of the molecule is COCCNC(=O)C1(C)Cn2cnc(C(=O)Nc3ccccc3F)c2C(=O)N1C1CC1. The Morgan fingerprint density at radius 1 is 1.32 bits per heavy atom. The van der Waals surface area contributed by atoms with Crippen molar-refractivity contribution >= 4 is 23.4 Å². The molecular formula is C21H24FN5O4. The zero-order valence-corrected chi connectivity index (χ0v) is 17.4. The molecule has 1 aromatic carbocycles. The minimum absolute atomic E-state index is 0.00100. The van der Waals surface area contributed by atoms with Gasteiger partial charge < -0.3 is 24.8 Å². The first-order chi connectivity index (χ1) is 14.9. The van der Waals surface area contributed by atoms with Crippen LogP contribution in [0.3, 0.4) is 0 Å². The second kappa shape index (κ2) is 8.10. The normalized spacial score (nSPS) is 20.4. The molecule has 2 aromatic rings. The number of hydrogen-bond acceptors (Lipinski definition) is 5. The highest BCUT2D eigenvalue weighted by atomic mass is 19.1. The standard InChI is InChI=1S/C21H24FN5O4/c1-21(20(30)23-9-10-31-2)11-26-12-24-16(17(26)19(29)27(21)13-7-8-13)18(28)25-15-6-4-3-5-14(15)22/h3-6,12-13H,7-11H2,1-2H3,(H,23,30)(H,25,28). The van der Waals surface area contributed by atoms with Gasteiger partial charge in [-0.15, -0.1) is 0 Å². The summed E-state index contributed by atoms with van der Waals surface area (Å²) in [4.78, 5) is 44.9. The number of carbonyl (C=O) groups is 3. The third kappa shape index (κ3) is 3.78. The molecule has 9 nitrogen and oxygen atoms in total. The Hall–Kier alpha value is -3.27. The lowest BCUT2D eigenvalue weighted by Crippen LogP contribution is -2.65. The van der Waals surface area contributed by atoms with E-state index in [1.165, 1.54) is 29.1 Å². The summed E-state index contributed by atoms with van der Waals surface area (Å²) in [5.41, 5.74) is -1.12. The Labute approximate surface area is 178 Å². The number of imidazole rings is 1. The summed E-state index contributed by atoms with van der Waals surface area (Å²) in [5, 5.41) is 5.28. The summed E-state index contributed by atoms with van der Waals surface area (Å²) in [6.45, 7) is 2.55. The second-order valence-corrected chi connectivity index (χ2v) is 7.93. The highest BCUT2D eigenvalue weighted by Crippen LogP contribution is 2.38. The summed E-state index contributed by atoms with van der Waals surface area (Å²) >= 11 is 0. The average molecular weight is 429 g/mol. The quantitative estimate of drug-likeness (QED) is 0.648. The van der Waals surface area contributed by atoms with Crippen molar-refractivity contribution < 1.29 is 23.5 Å². The van der Waals surface area contributed by atoms with Crippen molar-refractivity contribution in [2.24, 2.45) is 0 Å². The maximum absolute atomic E-state index is 13.9. The molecule has 0 bridgehead atoms. The zero-order valence-electron chi connectivity index (χ0n) is 17.4. The van der Waals surface area contributed by atoms with E-state index in [1.54, 1.807) is 25.0 Å². The zero-order chi connectivity index (χ0) is 22.2. The van der Waals surface area contributed by atoms with Gasteiger partial charge in [-0.25, -0.2) is 9.37 Å². The van der Waals surface area contributed by atoms with Crippen molar-refractivity contribution in [3.63, 3.8) is 0 Å². The molecule has 4 rings (SSSR count). The summed E-state index contributed by atoms with van der Waals surface area (Å²) in [6, 6.07) is 5.69. The number of ether oxygens (including phenoxy) is 1. The lowest BCUT2D eigenvalue weighted by atomic mass is 9.94. The largest absolute Gasteiger partial charge is 0.383 e. The minimum Gasteiger partial charge on any atom is -0.383 e. The lowest BCUT2D eigenvalue weighted by molar-refractivity contribution is -0.133. The fraction of sp³-hybridized carbons (Fsp3) is 0.429. The van der Waals surface area contributed by atoms with Gasteiger partial charge >= 0.3 is 0 Å². The molecule has 1 fully saturated rings. The van der Waals surface area contributed by atoms with Crippen LogP contribution in [0, 0.1) is 5.82 Å². The van der Waals surface area contributed by atoms with Crippen LogP contribution in [0.4, 0.5) is 10.1 Å². The van der Waals surface area contributed by atoms with Gasteiger partial charge in [0.05, 0.1) is 25.2 Å². The van der Waals surface area contributed by atoms with Gasteiger partial charge in [0.15, 0.2) is 5.69 Å². The summed E-state index contributed by atoms with van der Waals surface area (Å²) < 4.78 is 20.4. The number of amides is 3. The number of nitrogens with zero attached hydrogens (tertiary/aromatic N) is 3. The molecule has 1 aliphatic carbocycles. The van der Waals surface area contributed by atoms with E-state index in [-0.39, 0.29) is 35.6 Å². The van der Waals surface area contributed by atoms with E-state index < -0.39 is 23.2 Å². The van der Waals surface area contributed by atoms with Crippen LogP contribution in [0.5, 0.6) is 0 Å². The van der Waals surface area contributed by atoms with Crippen molar-refractivity contribution in [3.05, 3.63) is 47.8 Å². The van der Waals surface area contributed by atoms with E-state index in [2.05, 4.69) is 15.6 Å². The molecule has 0 saturated heterocycles. The van der Waals surface area contributed by atoms with Crippen LogP contribution in [0.1, 0.15) is 40.7 Å². The van der Waals surface area contributed by atoms with Crippen LogP contribution in [0.15, 0.2) is 30.6 Å². The molecule has 2 aliphatic rings. The molecule has 1 unspecified atom stereocenters. The van der Waals surface area contributed by atoms with Crippen molar-refractivity contribution in [2.45, 2.75) is 37.9 Å². The summed E-state index contributed by atoms with van der Waals surface area (Å²) in [7, 11) is 1.54. The molecule has 1 saturated carbocycles. The van der Waals surface area contributed by atoms with E-state index >= 15 is 0 Å². The molecule has 2 heterocycles. The highest BCUT2D eigenvalue weighted by molar-refractivity contribution is 6.11. The number of anilines is 1. The van der Waals surface area contributed by atoms with Crippen LogP contribution < -0.4 is 10.6 Å². The molecule has 164 valence electrons. The third-order valence-electron chi connectivity index (χ3n) is 5.60. The monoisotopic (exact) mass is 429 g/mol. The number of nitrogens with one attached hydrogen (secondary N) is 2. The van der Waals surface area contributed by atoms with Gasteiger partial charge in [-0.2, -0.15) is 0 Å². The number of aromatic nitrogens is 2. The highest BCUT2D eigenvalue weighted by Gasteiger charge is 2.53. The van der Waals surface area contributed by atoms with Gasteiger partial charge in [0.25, 0.3) is 11.8 Å². The number of methoxy groups -OCH3 is 1. The third-order valence-corrected chi connectivity index (χ3v) is 5.60. The lowest BCUT2D eigenvalue weighted by Gasteiger charge is -2.44. The van der Waals surface area contributed by atoms with Crippen LogP contribution in [-0.4, -0.2) is 64.0 Å². The van der Waals surface area contributed by atoms with Crippen molar-refractivity contribution in [1.82, 2.24) is 19.8 Å². The predicted molar refractivity (Wildman–Crippen MR) is 109 cm³/mol. The van der Waals surface area contributed by atoms with Gasteiger partial charge in [0.1, 0.15) is 17.1 Å². The first-order valence-electron chi connectivity index (χ1n) is 10.1.